The van der Waals surface area contributed by atoms with Gasteiger partial charge in [-0.15, -0.1) is 0 Å². The summed E-state index contributed by atoms with van der Waals surface area (Å²) in [6.45, 7) is 0. The minimum absolute atomic E-state index is 0.0279. The summed E-state index contributed by atoms with van der Waals surface area (Å²) in [5.74, 6) is -0.566. The summed E-state index contributed by atoms with van der Waals surface area (Å²) in [6.07, 6.45) is 0.128. The van der Waals surface area contributed by atoms with Crippen LogP contribution in [0, 0.1) is 10.1 Å². The van der Waals surface area contributed by atoms with Crippen molar-refractivity contribution in [2.75, 3.05) is 5.32 Å². The zero-order valence-corrected chi connectivity index (χ0v) is 10.4. The maximum absolute atomic E-state index is 11.8. The molecule has 0 aromatic heterocycles. The van der Waals surface area contributed by atoms with Crippen LogP contribution in [0.1, 0.15) is 5.56 Å². The molecule has 2 rings (SSSR count). The Kier molecular flexibility index (Phi) is 3.95. The smallest absolute Gasteiger partial charge is 0.271 e. The Balaban J connectivity index is 2.11. The van der Waals surface area contributed by atoms with Gasteiger partial charge >= 0.3 is 0 Å². The van der Waals surface area contributed by atoms with Gasteiger partial charge in [-0.1, -0.05) is 30.3 Å². The van der Waals surface area contributed by atoms with E-state index in [0.29, 0.717) is 0 Å². The summed E-state index contributed by atoms with van der Waals surface area (Å²) in [4.78, 5) is 21.9. The molecule has 0 aliphatic rings. The van der Waals surface area contributed by atoms with E-state index in [2.05, 4.69) is 5.32 Å². The Labute approximate surface area is 114 Å². The fraction of sp³-hybridized carbons (Fsp3) is 0.0714. The molecule has 0 bridgehead atoms. The highest BCUT2D eigenvalue weighted by molar-refractivity contribution is 5.94. The standard InChI is InChI=1S/C14H12N2O4/c17-13-7-6-11(16(19)20)9-12(13)15-14(18)8-10-4-2-1-3-5-10/h1-7,9,17H,8H2,(H,15,18). The van der Waals surface area contributed by atoms with Gasteiger partial charge in [0.15, 0.2) is 0 Å². The lowest BCUT2D eigenvalue weighted by atomic mass is 10.1. The molecule has 0 heterocycles. The Morgan fingerprint density at radius 2 is 1.90 bits per heavy atom. The zero-order valence-electron chi connectivity index (χ0n) is 10.4. The molecule has 0 atom stereocenters. The lowest BCUT2D eigenvalue weighted by molar-refractivity contribution is -0.384. The second-order valence-electron chi connectivity index (χ2n) is 4.17. The summed E-state index contributed by atoms with van der Waals surface area (Å²) in [7, 11) is 0. The fourth-order valence-electron chi connectivity index (χ4n) is 1.71. The molecule has 1 amide bonds. The van der Waals surface area contributed by atoms with E-state index < -0.39 is 4.92 Å². The van der Waals surface area contributed by atoms with Gasteiger partial charge in [-0.25, -0.2) is 0 Å². The first-order valence-corrected chi connectivity index (χ1v) is 5.87. The summed E-state index contributed by atoms with van der Waals surface area (Å²) in [6, 6.07) is 12.5. The van der Waals surface area contributed by atoms with E-state index in [4.69, 9.17) is 0 Å². The number of nitro benzene ring substituents is 1. The van der Waals surface area contributed by atoms with Gasteiger partial charge in [-0.2, -0.15) is 0 Å². The molecule has 2 aromatic carbocycles. The minimum Gasteiger partial charge on any atom is -0.506 e. The molecule has 6 nitrogen and oxygen atoms in total. The second kappa shape index (κ2) is 5.83. The second-order valence-corrected chi connectivity index (χ2v) is 4.17. The molecule has 2 aromatic rings. The molecular weight excluding hydrogens is 260 g/mol. The monoisotopic (exact) mass is 272 g/mol. The largest absolute Gasteiger partial charge is 0.506 e. The average Bonchev–Trinajstić information content (AvgIpc) is 2.42. The molecule has 20 heavy (non-hydrogen) atoms. The number of phenols is 1. The van der Waals surface area contributed by atoms with Crippen LogP contribution in [-0.2, 0) is 11.2 Å². The molecule has 0 fully saturated rings. The SMILES string of the molecule is O=C(Cc1ccccc1)Nc1cc([N+](=O)[O-])ccc1O. The third kappa shape index (κ3) is 3.32. The van der Waals surface area contributed by atoms with Gasteiger partial charge in [0.2, 0.25) is 5.91 Å². The molecule has 102 valence electrons. The van der Waals surface area contributed by atoms with E-state index in [9.17, 15) is 20.0 Å². The van der Waals surface area contributed by atoms with Crippen molar-refractivity contribution >= 4 is 17.3 Å². The highest BCUT2D eigenvalue weighted by Gasteiger charge is 2.12. The van der Waals surface area contributed by atoms with Crippen molar-refractivity contribution in [2.45, 2.75) is 6.42 Å². The van der Waals surface area contributed by atoms with E-state index in [-0.39, 0.29) is 29.5 Å². The Bertz CT molecular complexity index is 641. The number of aromatic hydroxyl groups is 1. The van der Waals surface area contributed by atoms with E-state index in [0.717, 1.165) is 11.6 Å². The van der Waals surface area contributed by atoms with Crippen LogP contribution < -0.4 is 5.32 Å². The van der Waals surface area contributed by atoms with Crippen molar-refractivity contribution in [3.8, 4) is 5.75 Å². The van der Waals surface area contributed by atoms with Crippen LogP contribution in [0.2, 0.25) is 0 Å². The molecule has 0 saturated carbocycles. The van der Waals surface area contributed by atoms with Crippen molar-refractivity contribution in [1.29, 1.82) is 0 Å². The first-order valence-electron chi connectivity index (χ1n) is 5.87. The number of nitrogens with one attached hydrogen (secondary N) is 1. The first kappa shape index (κ1) is 13.5. The normalized spacial score (nSPS) is 10.0. The lowest BCUT2D eigenvalue weighted by Crippen LogP contribution is -2.14. The van der Waals surface area contributed by atoms with Crippen LogP contribution >= 0.6 is 0 Å². The van der Waals surface area contributed by atoms with E-state index in [1.165, 1.54) is 12.1 Å². The zero-order chi connectivity index (χ0) is 14.5. The van der Waals surface area contributed by atoms with Gasteiger partial charge in [0.1, 0.15) is 5.75 Å². The Hall–Kier alpha value is -2.89. The highest BCUT2D eigenvalue weighted by atomic mass is 16.6. The summed E-state index contributed by atoms with van der Waals surface area (Å²) < 4.78 is 0. The number of nitrogens with zero attached hydrogens (tertiary/aromatic N) is 1. The van der Waals surface area contributed by atoms with Crippen LogP contribution in [0.4, 0.5) is 11.4 Å². The number of carbonyl (C=O) groups excluding carboxylic acids is 1. The van der Waals surface area contributed by atoms with E-state index in [1.807, 2.05) is 18.2 Å². The van der Waals surface area contributed by atoms with Crippen molar-refractivity contribution in [2.24, 2.45) is 0 Å². The number of nitro groups is 1. The van der Waals surface area contributed by atoms with Crippen molar-refractivity contribution in [3.05, 3.63) is 64.2 Å². The summed E-state index contributed by atoms with van der Waals surface area (Å²) in [5.41, 5.74) is 0.646. The third-order valence-corrected chi connectivity index (χ3v) is 2.67. The van der Waals surface area contributed by atoms with Gasteiger partial charge in [0.25, 0.3) is 5.69 Å². The number of rotatable bonds is 4. The molecule has 0 unspecified atom stereocenters. The number of anilines is 1. The fourth-order valence-corrected chi connectivity index (χ4v) is 1.71. The number of phenolic OH excluding ortho intramolecular Hbond substituents is 1. The van der Waals surface area contributed by atoms with Gasteiger partial charge in [0.05, 0.1) is 17.0 Å². The number of hydrogen-bond donors (Lipinski definition) is 2. The van der Waals surface area contributed by atoms with Crippen LogP contribution in [0.15, 0.2) is 48.5 Å². The predicted octanol–water partition coefficient (Wildman–Crippen LogP) is 2.48. The predicted molar refractivity (Wildman–Crippen MR) is 73.5 cm³/mol. The molecule has 0 aliphatic heterocycles. The maximum atomic E-state index is 11.8. The van der Waals surface area contributed by atoms with Crippen LogP contribution in [0.5, 0.6) is 5.75 Å². The number of carbonyl (C=O) groups is 1. The first-order chi connectivity index (χ1) is 9.56. The lowest BCUT2D eigenvalue weighted by Gasteiger charge is -2.07. The van der Waals surface area contributed by atoms with Gasteiger partial charge < -0.3 is 10.4 Å². The molecule has 0 radical (unpaired) electrons. The van der Waals surface area contributed by atoms with E-state index >= 15 is 0 Å². The number of hydrogen-bond acceptors (Lipinski definition) is 4. The molecule has 2 N–H and O–H groups in total. The summed E-state index contributed by atoms with van der Waals surface area (Å²) >= 11 is 0. The van der Waals surface area contributed by atoms with Gasteiger partial charge in [-0.3, -0.25) is 14.9 Å². The quantitative estimate of drug-likeness (QED) is 0.508. The van der Waals surface area contributed by atoms with Crippen LogP contribution in [0.3, 0.4) is 0 Å². The van der Waals surface area contributed by atoms with Crippen LogP contribution in [0.25, 0.3) is 0 Å². The van der Waals surface area contributed by atoms with Crippen molar-refractivity contribution in [1.82, 2.24) is 0 Å². The van der Waals surface area contributed by atoms with E-state index in [1.54, 1.807) is 12.1 Å². The molecule has 6 heteroatoms. The Morgan fingerprint density at radius 1 is 1.20 bits per heavy atom. The van der Waals surface area contributed by atoms with Crippen molar-refractivity contribution in [3.63, 3.8) is 0 Å². The number of non-ortho nitro benzene ring substituents is 1. The van der Waals surface area contributed by atoms with Crippen molar-refractivity contribution < 1.29 is 14.8 Å². The average molecular weight is 272 g/mol. The topological polar surface area (TPSA) is 92.5 Å². The third-order valence-electron chi connectivity index (χ3n) is 2.67. The molecule has 0 aliphatic carbocycles. The molecule has 0 spiro atoms. The number of benzene rings is 2. The highest BCUT2D eigenvalue weighted by Crippen LogP contribution is 2.27. The van der Waals surface area contributed by atoms with Gasteiger partial charge in [-0.05, 0) is 11.6 Å². The Morgan fingerprint density at radius 3 is 2.55 bits per heavy atom. The maximum Gasteiger partial charge on any atom is 0.271 e. The molecular formula is C14H12N2O4. The van der Waals surface area contributed by atoms with Gasteiger partial charge in [0, 0.05) is 12.1 Å². The summed E-state index contributed by atoms with van der Waals surface area (Å²) in [5, 5.41) is 22.7. The van der Waals surface area contributed by atoms with Crippen LogP contribution in [-0.4, -0.2) is 15.9 Å². The molecule has 0 saturated heterocycles. The minimum atomic E-state index is -0.591. The number of amides is 1.